The van der Waals surface area contributed by atoms with Gasteiger partial charge in [0.25, 0.3) is 5.91 Å². The molecular formula is C23H29NO3. The van der Waals surface area contributed by atoms with Gasteiger partial charge in [-0.2, -0.15) is 0 Å². The van der Waals surface area contributed by atoms with Crippen LogP contribution in [0.2, 0.25) is 0 Å². The predicted octanol–water partition coefficient (Wildman–Crippen LogP) is 4.61. The summed E-state index contributed by atoms with van der Waals surface area (Å²) in [4.78, 5) is 12.7. The molecule has 0 radical (unpaired) electrons. The van der Waals surface area contributed by atoms with E-state index in [1.54, 1.807) is 7.11 Å². The Kier molecular flexibility index (Phi) is 6.38. The molecule has 0 heterocycles. The summed E-state index contributed by atoms with van der Waals surface area (Å²) in [7, 11) is 1.65. The third-order valence-corrected chi connectivity index (χ3v) is 5.27. The van der Waals surface area contributed by atoms with Crippen LogP contribution < -0.4 is 14.8 Å². The fraction of sp³-hybridized carbons (Fsp3) is 0.435. The molecule has 1 aliphatic carbocycles. The van der Waals surface area contributed by atoms with Crippen LogP contribution in [0.25, 0.3) is 0 Å². The molecule has 0 aromatic heterocycles. The first kappa shape index (κ1) is 19.3. The van der Waals surface area contributed by atoms with Crippen molar-refractivity contribution in [3.05, 3.63) is 59.2 Å². The van der Waals surface area contributed by atoms with Crippen molar-refractivity contribution < 1.29 is 14.3 Å². The van der Waals surface area contributed by atoms with Crippen LogP contribution in [0.5, 0.6) is 11.5 Å². The molecule has 1 N–H and O–H groups in total. The topological polar surface area (TPSA) is 47.6 Å². The number of hydrogen-bond donors (Lipinski definition) is 1. The second-order valence-corrected chi connectivity index (χ2v) is 7.10. The third kappa shape index (κ3) is 4.62. The van der Waals surface area contributed by atoms with E-state index in [4.69, 9.17) is 9.47 Å². The van der Waals surface area contributed by atoms with Crippen molar-refractivity contribution in [3.63, 3.8) is 0 Å². The Morgan fingerprint density at radius 1 is 1.11 bits per heavy atom. The number of fused-ring (bicyclic) bond motifs is 1. The second-order valence-electron chi connectivity index (χ2n) is 7.10. The van der Waals surface area contributed by atoms with E-state index in [1.165, 1.54) is 24.0 Å². The summed E-state index contributed by atoms with van der Waals surface area (Å²) in [5.41, 5.74) is 3.69. The smallest absolute Gasteiger partial charge is 0.261 e. The highest BCUT2D eigenvalue weighted by Gasteiger charge is 2.22. The summed E-state index contributed by atoms with van der Waals surface area (Å²) in [6.45, 7) is 3.88. The summed E-state index contributed by atoms with van der Waals surface area (Å²) in [5, 5.41) is 3.12. The highest BCUT2D eigenvalue weighted by molar-refractivity contribution is 5.81. The molecule has 0 aliphatic heterocycles. The van der Waals surface area contributed by atoms with Crippen LogP contribution in [0.1, 0.15) is 55.8 Å². The highest BCUT2D eigenvalue weighted by atomic mass is 16.5. The number of hydrogen-bond acceptors (Lipinski definition) is 3. The van der Waals surface area contributed by atoms with Gasteiger partial charge in [-0.05, 0) is 73.9 Å². The molecule has 27 heavy (non-hydrogen) atoms. The first-order valence-electron chi connectivity index (χ1n) is 9.84. The van der Waals surface area contributed by atoms with Gasteiger partial charge in [-0.25, -0.2) is 0 Å². The minimum absolute atomic E-state index is 0.0425. The van der Waals surface area contributed by atoms with Gasteiger partial charge >= 0.3 is 0 Å². The molecule has 2 aromatic carbocycles. The van der Waals surface area contributed by atoms with E-state index in [0.29, 0.717) is 0 Å². The number of aryl methyl sites for hydroxylation is 1. The molecule has 2 unspecified atom stereocenters. The lowest BCUT2D eigenvalue weighted by molar-refractivity contribution is -0.128. The molecule has 4 heteroatoms. The van der Waals surface area contributed by atoms with Crippen molar-refractivity contribution in [1.29, 1.82) is 0 Å². The van der Waals surface area contributed by atoms with Crippen LogP contribution in [0.4, 0.5) is 0 Å². The number of nitrogens with one attached hydrogen (secondary N) is 1. The summed E-state index contributed by atoms with van der Waals surface area (Å²) in [5.74, 6) is 1.57. The molecule has 0 spiro atoms. The summed E-state index contributed by atoms with van der Waals surface area (Å²) in [6, 6.07) is 14.0. The van der Waals surface area contributed by atoms with Crippen LogP contribution in [0, 0.1) is 0 Å². The van der Waals surface area contributed by atoms with Crippen LogP contribution in [0.3, 0.4) is 0 Å². The van der Waals surface area contributed by atoms with E-state index in [0.717, 1.165) is 36.3 Å². The molecular weight excluding hydrogens is 338 g/mol. The zero-order valence-corrected chi connectivity index (χ0v) is 16.5. The fourth-order valence-corrected chi connectivity index (χ4v) is 3.65. The molecule has 0 saturated carbocycles. The Labute approximate surface area is 161 Å². The van der Waals surface area contributed by atoms with Crippen LogP contribution in [0.15, 0.2) is 42.5 Å². The molecule has 4 nitrogen and oxygen atoms in total. The van der Waals surface area contributed by atoms with E-state index in [2.05, 4.69) is 18.3 Å². The minimum Gasteiger partial charge on any atom is -0.497 e. The Hall–Kier alpha value is -2.49. The average Bonchev–Trinajstić information content (AvgIpc) is 2.72. The third-order valence-electron chi connectivity index (χ3n) is 5.27. The molecule has 0 bridgehead atoms. The van der Waals surface area contributed by atoms with E-state index in [-0.39, 0.29) is 11.9 Å². The molecule has 3 rings (SSSR count). The summed E-state index contributed by atoms with van der Waals surface area (Å²) >= 11 is 0. The van der Waals surface area contributed by atoms with Gasteiger partial charge in [0.2, 0.25) is 0 Å². The van der Waals surface area contributed by atoms with Gasteiger partial charge in [-0.3, -0.25) is 4.79 Å². The Bertz CT molecular complexity index is 770. The minimum atomic E-state index is -0.536. The molecule has 0 fully saturated rings. The predicted molar refractivity (Wildman–Crippen MR) is 107 cm³/mol. The number of benzene rings is 2. The quantitative estimate of drug-likeness (QED) is 0.777. The molecule has 1 amide bonds. The standard InChI is InChI=1S/C23H29NO3/c1-4-21(18-12-14-19(26-3)15-13-18)24-23(25)16(2)27-22-11-7-9-17-8-5-6-10-20(17)22/h7,9,11-16,21H,4-6,8,10H2,1-3H3,(H,24,25). The lowest BCUT2D eigenvalue weighted by Crippen LogP contribution is -2.38. The van der Waals surface area contributed by atoms with E-state index in [1.807, 2.05) is 43.3 Å². The van der Waals surface area contributed by atoms with Crippen LogP contribution in [-0.2, 0) is 17.6 Å². The Morgan fingerprint density at radius 3 is 2.56 bits per heavy atom. The zero-order valence-electron chi connectivity index (χ0n) is 16.5. The van der Waals surface area contributed by atoms with Gasteiger partial charge in [0.05, 0.1) is 13.2 Å². The number of rotatable bonds is 7. The van der Waals surface area contributed by atoms with Gasteiger partial charge in [0.1, 0.15) is 11.5 Å². The monoisotopic (exact) mass is 367 g/mol. The van der Waals surface area contributed by atoms with Gasteiger partial charge in [-0.15, -0.1) is 0 Å². The van der Waals surface area contributed by atoms with E-state index >= 15 is 0 Å². The number of ether oxygens (including phenoxy) is 2. The largest absolute Gasteiger partial charge is 0.497 e. The molecule has 144 valence electrons. The second kappa shape index (κ2) is 8.94. The number of amides is 1. The van der Waals surface area contributed by atoms with Crippen molar-refractivity contribution >= 4 is 5.91 Å². The molecule has 2 aromatic rings. The maximum absolute atomic E-state index is 12.7. The highest BCUT2D eigenvalue weighted by Crippen LogP contribution is 2.30. The van der Waals surface area contributed by atoms with Gasteiger partial charge < -0.3 is 14.8 Å². The zero-order chi connectivity index (χ0) is 19.2. The molecule has 1 aliphatic rings. The average molecular weight is 367 g/mol. The first-order valence-corrected chi connectivity index (χ1v) is 9.84. The lowest BCUT2D eigenvalue weighted by atomic mass is 9.91. The Morgan fingerprint density at radius 2 is 1.85 bits per heavy atom. The number of carbonyl (C=O) groups is 1. The van der Waals surface area contributed by atoms with Crippen LogP contribution in [-0.4, -0.2) is 19.1 Å². The summed E-state index contributed by atoms with van der Waals surface area (Å²) < 4.78 is 11.3. The van der Waals surface area contributed by atoms with Crippen molar-refractivity contribution in [2.45, 2.75) is 58.1 Å². The normalized spacial score (nSPS) is 15.4. The number of methoxy groups -OCH3 is 1. The Balaban J connectivity index is 1.66. The fourth-order valence-electron chi connectivity index (χ4n) is 3.65. The first-order chi connectivity index (χ1) is 13.1. The molecule has 2 atom stereocenters. The van der Waals surface area contributed by atoms with Crippen molar-refractivity contribution in [1.82, 2.24) is 5.32 Å². The summed E-state index contributed by atoms with van der Waals surface area (Å²) in [6.07, 6.45) is 4.82. The van der Waals surface area contributed by atoms with Crippen molar-refractivity contribution in [3.8, 4) is 11.5 Å². The van der Waals surface area contributed by atoms with Gasteiger partial charge in [0.15, 0.2) is 6.10 Å². The van der Waals surface area contributed by atoms with Gasteiger partial charge in [-0.1, -0.05) is 31.2 Å². The maximum atomic E-state index is 12.7. The van der Waals surface area contributed by atoms with Crippen molar-refractivity contribution in [2.24, 2.45) is 0 Å². The van der Waals surface area contributed by atoms with Crippen molar-refractivity contribution in [2.75, 3.05) is 7.11 Å². The SMILES string of the molecule is CCC(NC(=O)C(C)Oc1cccc2c1CCCC2)c1ccc(OC)cc1. The van der Waals surface area contributed by atoms with E-state index < -0.39 is 6.10 Å². The number of carbonyl (C=O) groups excluding carboxylic acids is 1. The lowest BCUT2D eigenvalue weighted by Gasteiger charge is -2.24. The van der Waals surface area contributed by atoms with Crippen LogP contribution >= 0.6 is 0 Å². The molecule has 0 saturated heterocycles. The van der Waals surface area contributed by atoms with Gasteiger partial charge in [0, 0.05) is 0 Å². The maximum Gasteiger partial charge on any atom is 0.261 e. The van der Waals surface area contributed by atoms with E-state index in [9.17, 15) is 4.79 Å².